The van der Waals surface area contributed by atoms with Crippen LogP contribution < -0.4 is 5.73 Å². The highest BCUT2D eigenvalue weighted by atomic mass is 35.5. The molecule has 1 rings (SSSR count). The molecule has 0 fully saturated rings. The fraction of sp³-hybridized carbons (Fsp3) is 0.286. The number of halogens is 2. The molecule has 0 aliphatic heterocycles. The first-order chi connectivity index (χ1) is 8.02. The van der Waals surface area contributed by atoms with Crippen LogP contribution in [-0.2, 0) is 6.42 Å². The molecule has 1 nitrogen and oxygen atoms in total. The molecule has 2 N–H and O–H groups in total. The van der Waals surface area contributed by atoms with Crippen molar-refractivity contribution in [3.05, 3.63) is 58.0 Å². The van der Waals surface area contributed by atoms with E-state index in [0.29, 0.717) is 11.4 Å². The van der Waals surface area contributed by atoms with Crippen LogP contribution >= 0.6 is 11.6 Å². The van der Waals surface area contributed by atoms with Gasteiger partial charge in [0.2, 0.25) is 0 Å². The summed E-state index contributed by atoms with van der Waals surface area (Å²) in [6.45, 7) is 3.86. The summed E-state index contributed by atoms with van der Waals surface area (Å²) in [4.78, 5) is 0. The first-order valence-corrected chi connectivity index (χ1v) is 5.96. The van der Waals surface area contributed by atoms with Gasteiger partial charge >= 0.3 is 0 Å². The molecule has 0 saturated heterocycles. The minimum Gasteiger partial charge on any atom is -0.399 e. The Morgan fingerprint density at radius 2 is 1.94 bits per heavy atom. The molecular formula is C14H17ClFN. The summed E-state index contributed by atoms with van der Waals surface area (Å²) in [7, 11) is 0. The summed E-state index contributed by atoms with van der Waals surface area (Å²) < 4.78 is 13.7. The van der Waals surface area contributed by atoms with Crippen LogP contribution in [0.3, 0.4) is 0 Å². The molecule has 0 unspecified atom stereocenters. The van der Waals surface area contributed by atoms with Gasteiger partial charge in [-0.15, -0.1) is 0 Å². The molecule has 1 aromatic carbocycles. The Labute approximate surface area is 107 Å². The maximum absolute atomic E-state index is 13.7. The lowest BCUT2D eigenvalue weighted by atomic mass is 10.1. The van der Waals surface area contributed by atoms with Gasteiger partial charge in [0, 0.05) is 17.1 Å². The summed E-state index contributed by atoms with van der Waals surface area (Å²) in [5, 5.41) is 0.665. The van der Waals surface area contributed by atoms with Gasteiger partial charge in [-0.1, -0.05) is 36.2 Å². The second-order valence-electron chi connectivity index (χ2n) is 4.02. The molecule has 0 aliphatic carbocycles. The number of nitrogens with two attached hydrogens (primary N) is 1. The van der Waals surface area contributed by atoms with E-state index in [-0.39, 0.29) is 11.5 Å². The van der Waals surface area contributed by atoms with Crippen LogP contribution in [0.4, 0.5) is 4.39 Å². The van der Waals surface area contributed by atoms with E-state index in [1.807, 2.05) is 26.0 Å². The number of benzene rings is 1. The van der Waals surface area contributed by atoms with Crippen molar-refractivity contribution < 1.29 is 4.39 Å². The Morgan fingerprint density at radius 1 is 1.35 bits per heavy atom. The Morgan fingerprint density at radius 3 is 2.47 bits per heavy atom. The summed E-state index contributed by atoms with van der Waals surface area (Å²) >= 11 is 5.77. The lowest BCUT2D eigenvalue weighted by Gasteiger charge is -2.03. The number of rotatable bonds is 4. The van der Waals surface area contributed by atoms with Gasteiger partial charge in [0.1, 0.15) is 5.83 Å². The van der Waals surface area contributed by atoms with Crippen molar-refractivity contribution in [1.82, 2.24) is 0 Å². The first kappa shape index (κ1) is 13.8. The van der Waals surface area contributed by atoms with Gasteiger partial charge in [-0.3, -0.25) is 0 Å². The van der Waals surface area contributed by atoms with Gasteiger partial charge in [0.05, 0.1) is 0 Å². The molecule has 17 heavy (non-hydrogen) atoms. The Hall–Kier alpha value is -1.28. The van der Waals surface area contributed by atoms with E-state index in [9.17, 15) is 4.39 Å². The van der Waals surface area contributed by atoms with Crippen molar-refractivity contribution in [3.63, 3.8) is 0 Å². The van der Waals surface area contributed by atoms with Gasteiger partial charge in [-0.25, -0.2) is 4.39 Å². The van der Waals surface area contributed by atoms with Gasteiger partial charge < -0.3 is 5.73 Å². The number of hydrogen-bond acceptors (Lipinski definition) is 1. The molecule has 0 spiro atoms. The van der Waals surface area contributed by atoms with Gasteiger partial charge in [0.15, 0.2) is 0 Å². The Kier molecular flexibility index (Phi) is 5.23. The predicted octanol–water partition coefficient (Wildman–Crippen LogP) is 4.38. The second-order valence-corrected chi connectivity index (χ2v) is 4.46. The highest BCUT2D eigenvalue weighted by Crippen LogP contribution is 2.15. The minimum absolute atomic E-state index is 0.250. The highest BCUT2D eigenvalue weighted by molar-refractivity contribution is 6.30. The van der Waals surface area contributed by atoms with Crippen LogP contribution in [0.5, 0.6) is 0 Å². The molecule has 0 atom stereocenters. The lowest BCUT2D eigenvalue weighted by molar-refractivity contribution is 0.644. The summed E-state index contributed by atoms with van der Waals surface area (Å²) in [6, 6.07) is 7.24. The largest absolute Gasteiger partial charge is 0.399 e. The summed E-state index contributed by atoms with van der Waals surface area (Å²) in [5.41, 5.74) is 7.89. The van der Waals surface area contributed by atoms with Crippen LogP contribution in [0.1, 0.15) is 25.8 Å². The average Bonchev–Trinajstić information content (AvgIpc) is 2.31. The molecule has 0 amide bonds. The number of hydrogen-bond donors (Lipinski definition) is 1. The summed E-state index contributed by atoms with van der Waals surface area (Å²) in [5.74, 6) is -0.348. The third kappa shape index (κ3) is 4.61. The molecule has 92 valence electrons. The smallest absolute Gasteiger partial charge is 0.142 e. The molecule has 0 heterocycles. The average molecular weight is 254 g/mol. The molecular weight excluding hydrogens is 237 g/mol. The quantitative estimate of drug-likeness (QED) is 0.792. The van der Waals surface area contributed by atoms with E-state index >= 15 is 0 Å². The van der Waals surface area contributed by atoms with Gasteiger partial charge in [-0.05, 0) is 37.1 Å². The molecule has 0 aromatic heterocycles. The Balaban J connectivity index is 2.80. The third-order valence-electron chi connectivity index (χ3n) is 2.55. The molecule has 3 heteroatoms. The maximum Gasteiger partial charge on any atom is 0.142 e. The van der Waals surface area contributed by atoms with E-state index in [4.69, 9.17) is 17.3 Å². The van der Waals surface area contributed by atoms with Crippen molar-refractivity contribution in [2.24, 2.45) is 5.73 Å². The van der Waals surface area contributed by atoms with E-state index in [1.165, 1.54) is 6.08 Å². The van der Waals surface area contributed by atoms with E-state index in [1.54, 1.807) is 12.1 Å². The second kappa shape index (κ2) is 6.45. The van der Waals surface area contributed by atoms with Crippen LogP contribution in [0, 0.1) is 0 Å². The van der Waals surface area contributed by atoms with Crippen LogP contribution in [0.2, 0.25) is 5.02 Å². The SMILES string of the molecule is CC/C(C)=C/C(F)=C(\N)Cc1ccc(Cl)cc1. The minimum atomic E-state index is -0.348. The number of allylic oxidation sites excluding steroid dienone is 4. The van der Waals surface area contributed by atoms with Crippen molar-refractivity contribution in [3.8, 4) is 0 Å². The van der Waals surface area contributed by atoms with Gasteiger partial charge in [0.25, 0.3) is 0 Å². The van der Waals surface area contributed by atoms with E-state index in [0.717, 1.165) is 17.6 Å². The molecule has 1 aromatic rings. The zero-order valence-electron chi connectivity index (χ0n) is 10.1. The lowest BCUT2D eigenvalue weighted by Crippen LogP contribution is -2.03. The van der Waals surface area contributed by atoms with Crippen LogP contribution in [-0.4, -0.2) is 0 Å². The molecule has 0 aliphatic rings. The monoisotopic (exact) mass is 253 g/mol. The molecule has 0 radical (unpaired) electrons. The standard InChI is InChI=1S/C14H17ClFN/c1-3-10(2)8-13(16)14(17)9-11-4-6-12(15)7-5-11/h4-8H,3,9,17H2,1-2H3/b10-8+,14-13+. The molecule has 0 bridgehead atoms. The van der Waals surface area contributed by atoms with Crippen molar-refractivity contribution in [2.75, 3.05) is 0 Å². The van der Waals surface area contributed by atoms with Crippen LogP contribution in [0.15, 0.2) is 47.4 Å². The first-order valence-electron chi connectivity index (χ1n) is 5.58. The topological polar surface area (TPSA) is 26.0 Å². The predicted molar refractivity (Wildman–Crippen MR) is 71.5 cm³/mol. The summed E-state index contributed by atoms with van der Waals surface area (Å²) in [6.07, 6.45) is 2.71. The van der Waals surface area contributed by atoms with Crippen molar-refractivity contribution >= 4 is 11.6 Å². The molecule has 0 saturated carbocycles. The highest BCUT2D eigenvalue weighted by Gasteiger charge is 2.02. The van der Waals surface area contributed by atoms with Crippen molar-refractivity contribution in [1.29, 1.82) is 0 Å². The van der Waals surface area contributed by atoms with E-state index in [2.05, 4.69) is 0 Å². The normalized spacial score (nSPS) is 13.5. The van der Waals surface area contributed by atoms with E-state index < -0.39 is 0 Å². The third-order valence-corrected chi connectivity index (χ3v) is 2.80. The Bertz CT molecular complexity index is 432. The maximum atomic E-state index is 13.7. The zero-order valence-corrected chi connectivity index (χ0v) is 10.9. The fourth-order valence-electron chi connectivity index (χ4n) is 1.32. The zero-order chi connectivity index (χ0) is 12.8. The van der Waals surface area contributed by atoms with Crippen molar-refractivity contribution in [2.45, 2.75) is 26.7 Å². The van der Waals surface area contributed by atoms with Crippen LogP contribution in [0.25, 0.3) is 0 Å². The fourth-order valence-corrected chi connectivity index (χ4v) is 1.44. The van der Waals surface area contributed by atoms with Gasteiger partial charge in [-0.2, -0.15) is 0 Å².